The Kier molecular flexibility index (Phi) is 6.82. The third kappa shape index (κ3) is 5.74. The molecule has 1 atom stereocenters. The minimum absolute atomic E-state index is 0.0412. The standard InChI is InChI=1S/C19H30N4O2/c1-14(2)20-19(25)21-16-9-7-8-15(12-16)18(24)23-11-6-5-10-17(23)13-22(3)4/h7-9,12,14,17H,5-6,10-11,13H2,1-4H3,(H2,20,21,25). The Bertz CT molecular complexity index is 601. The molecule has 1 unspecified atom stereocenters. The van der Waals surface area contributed by atoms with Crippen LogP contribution < -0.4 is 10.6 Å². The van der Waals surface area contributed by atoms with E-state index in [2.05, 4.69) is 15.5 Å². The predicted molar refractivity (Wildman–Crippen MR) is 101 cm³/mol. The van der Waals surface area contributed by atoms with E-state index in [1.54, 1.807) is 12.1 Å². The van der Waals surface area contributed by atoms with E-state index in [9.17, 15) is 9.59 Å². The zero-order valence-electron chi connectivity index (χ0n) is 15.7. The summed E-state index contributed by atoms with van der Waals surface area (Å²) in [5.41, 5.74) is 1.25. The molecule has 1 aromatic carbocycles. The van der Waals surface area contributed by atoms with Crippen LogP contribution in [-0.4, -0.2) is 61.0 Å². The number of amides is 3. The molecular weight excluding hydrogens is 316 g/mol. The summed E-state index contributed by atoms with van der Waals surface area (Å²) in [7, 11) is 4.07. The van der Waals surface area contributed by atoms with Crippen LogP contribution in [0.3, 0.4) is 0 Å². The molecule has 0 bridgehead atoms. The topological polar surface area (TPSA) is 64.7 Å². The maximum atomic E-state index is 13.0. The first-order valence-corrected chi connectivity index (χ1v) is 9.00. The zero-order chi connectivity index (χ0) is 18.4. The zero-order valence-corrected chi connectivity index (χ0v) is 15.7. The number of hydrogen-bond donors (Lipinski definition) is 2. The Morgan fingerprint density at radius 2 is 2.04 bits per heavy atom. The summed E-state index contributed by atoms with van der Waals surface area (Å²) in [6.07, 6.45) is 3.25. The number of nitrogens with one attached hydrogen (secondary N) is 2. The Labute approximate surface area is 150 Å². The van der Waals surface area contributed by atoms with E-state index in [0.717, 1.165) is 25.9 Å². The SMILES string of the molecule is CC(C)NC(=O)Nc1cccc(C(=O)N2CCCCC2CN(C)C)c1. The molecule has 1 aliphatic rings. The molecule has 1 saturated heterocycles. The molecule has 3 amide bonds. The van der Waals surface area contributed by atoms with E-state index in [1.807, 2.05) is 45.0 Å². The predicted octanol–water partition coefficient (Wildman–Crippen LogP) is 2.77. The van der Waals surface area contributed by atoms with Crippen molar-refractivity contribution in [3.8, 4) is 0 Å². The number of likely N-dealkylation sites (tertiary alicyclic amines) is 1. The molecule has 0 aliphatic carbocycles. The fraction of sp³-hybridized carbons (Fsp3) is 0.579. The van der Waals surface area contributed by atoms with Gasteiger partial charge in [-0.3, -0.25) is 4.79 Å². The summed E-state index contributed by atoms with van der Waals surface area (Å²) in [6, 6.07) is 7.22. The summed E-state index contributed by atoms with van der Waals surface area (Å²) in [6.45, 7) is 5.48. The van der Waals surface area contributed by atoms with Crippen molar-refractivity contribution in [2.45, 2.75) is 45.2 Å². The van der Waals surface area contributed by atoms with E-state index in [-0.39, 0.29) is 24.0 Å². The molecule has 2 rings (SSSR count). The maximum Gasteiger partial charge on any atom is 0.319 e. The van der Waals surface area contributed by atoms with Crippen molar-refractivity contribution < 1.29 is 9.59 Å². The van der Waals surface area contributed by atoms with Crippen LogP contribution in [0.1, 0.15) is 43.5 Å². The number of piperidine rings is 1. The van der Waals surface area contributed by atoms with Gasteiger partial charge in [0.25, 0.3) is 5.91 Å². The lowest BCUT2D eigenvalue weighted by atomic mass is 10.00. The molecule has 138 valence electrons. The number of carbonyl (C=O) groups excluding carboxylic acids is 2. The van der Waals surface area contributed by atoms with E-state index >= 15 is 0 Å². The molecule has 2 N–H and O–H groups in total. The molecule has 1 heterocycles. The van der Waals surface area contributed by atoms with Gasteiger partial charge >= 0.3 is 6.03 Å². The molecule has 6 heteroatoms. The van der Waals surface area contributed by atoms with Gasteiger partial charge < -0.3 is 20.4 Å². The van der Waals surface area contributed by atoms with Crippen molar-refractivity contribution in [3.05, 3.63) is 29.8 Å². The van der Waals surface area contributed by atoms with Gasteiger partial charge in [-0.15, -0.1) is 0 Å². The molecule has 1 fully saturated rings. The van der Waals surface area contributed by atoms with Crippen LogP contribution >= 0.6 is 0 Å². The number of nitrogens with zero attached hydrogens (tertiary/aromatic N) is 2. The van der Waals surface area contributed by atoms with E-state index in [1.165, 1.54) is 6.42 Å². The Balaban J connectivity index is 2.10. The Hall–Kier alpha value is -2.08. The highest BCUT2D eigenvalue weighted by atomic mass is 16.2. The fourth-order valence-electron chi connectivity index (χ4n) is 3.20. The van der Waals surface area contributed by atoms with Crippen molar-refractivity contribution in [1.29, 1.82) is 0 Å². The highest BCUT2D eigenvalue weighted by molar-refractivity contribution is 5.97. The fourth-order valence-corrected chi connectivity index (χ4v) is 3.20. The highest BCUT2D eigenvalue weighted by Crippen LogP contribution is 2.21. The molecule has 6 nitrogen and oxygen atoms in total. The first-order chi connectivity index (χ1) is 11.9. The van der Waals surface area contributed by atoms with Gasteiger partial charge in [-0.1, -0.05) is 6.07 Å². The Morgan fingerprint density at radius 1 is 1.28 bits per heavy atom. The number of rotatable bonds is 5. The van der Waals surface area contributed by atoms with Crippen LogP contribution in [0.4, 0.5) is 10.5 Å². The number of hydrogen-bond acceptors (Lipinski definition) is 3. The van der Waals surface area contributed by atoms with E-state index in [0.29, 0.717) is 11.3 Å². The van der Waals surface area contributed by atoms with Crippen LogP contribution in [0.2, 0.25) is 0 Å². The number of benzene rings is 1. The summed E-state index contributed by atoms with van der Waals surface area (Å²) in [5.74, 6) is 0.0412. The lowest BCUT2D eigenvalue weighted by Gasteiger charge is -2.37. The average Bonchev–Trinajstić information content (AvgIpc) is 2.53. The second-order valence-corrected chi connectivity index (χ2v) is 7.24. The number of anilines is 1. The lowest BCUT2D eigenvalue weighted by molar-refractivity contribution is 0.0575. The van der Waals surface area contributed by atoms with Crippen molar-refractivity contribution in [2.24, 2.45) is 0 Å². The molecule has 25 heavy (non-hydrogen) atoms. The third-order valence-corrected chi connectivity index (χ3v) is 4.25. The molecular formula is C19H30N4O2. The smallest absolute Gasteiger partial charge is 0.319 e. The van der Waals surface area contributed by atoms with Gasteiger partial charge in [0.05, 0.1) is 0 Å². The van der Waals surface area contributed by atoms with Crippen molar-refractivity contribution in [3.63, 3.8) is 0 Å². The van der Waals surface area contributed by atoms with Gasteiger partial charge in [-0.25, -0.2) is 4.79 Å². The summed E-state index contributed by atoms with van der Waals surface area (Å²) >= 11 is 0. The lowest BCUT2D eigenvalue weighted by Crippen LogP contribution is -2.48. The second-order valence-electron chi connectivity index (χ2n) is 7.24. The van der Waals surface area contributed by atoms with Gasteiger partial charge in [-0.2, -0.15) is 0 Å². The molecule has 0 spiro atoms. The van der Waals surface area contributed by atoms with E-state index in [4.69, 9.17) is 0 Å². The Morgan fingerprint density at radius 3 is 2.72 bits per heavy atom. The second kappa shape index (κ2) is 8.85. The minimum Gasteiger partial charge on any atom is -0.336 e. The monoisotopic (exact) mass is 346 g/mol. The van der Waals surface area contributed by atoms with Crippen molar-refractivity contribution in [1.82, 2.24) is 15.1 Å². The first-order valence-electron chi connectivity index (χ1n) is 9.00. The van der Waals surface area contributed by atoms with Crippen LogP contribution in [0.5, 0.6) is 0 Å². The van der Waals surface area contributed by atoms with Gasteiger partial charge in [0.2, 0.25) is 0 Å². The van der Waals surface area contributed by atoms with Crippen LogP contribution in [-0.2, 0) is 0 Å². The molecule has 1 aromatic rings. The van der Waals surface area contributed by atoms with Crippen LogP contribution in [0.15, 0.2) is 24.3 Å². The van der Waals surface area contributed by atoms with Crippen LogP contribution in [0.25, 0.3) is 0 Å². The average molecular weight is 346 g/mol. The van der Waals surface area contributed by atoms with Gasteiger partial charge in [0, 0.05) is 36.4 Å². The highest BCUT2D eigenvalue weighted by Gasteiger charge is 2.27. The molecule has 0 aromatic heterocycles. The molecule has 0 radical (unpaired) electrons. The summed E-state index contributed by atoms with van der Waals surface area (Å²) in [5, 5.41) is 5.57. The molecule has 1 aliphatic heterocycles. The summed E-state index contributed by atoms with van der Waals surface area (Å²) < 4.78 is 0. The van der Waals surface area contributed by atoms with E-state index < -0.39 is 0 Å². The van der Waals surface area contributed by atoms with Gasteiger partial charge in [0.1, 0.15) is 0 Å². The number of urea groups is 1. The largest absolute Gasteiger partial charge is 0.336 e. The minimum atomic E-state index is -0.261. The molecule has 0 saturated carbocycles. The normalized spacial score (nSPS) is 17.7. The quantitative estimate of drug-likeness (QED) is 0.862. The number of carbonyl (C=O) groups is 2. The first kappa shape index (κ1) is 19.2. The van der Waals surface area contributed by atoms with Gasteiger partial charge in [-0.05, 0) is 65.4 Å². The number of likely N-dealkylation sites (N-methyl/N-ethyl adjacent to an activating group) is 1. The van der Waals surface area contributed by atoms with Crippen molar-refractivity contribution >= 4 is 17.6 Å². The van der Waals surface area contributed by atoms with Crippen molar-refractivity contribution in [2.75, 3.05) is 32.5 Å². The maximum absolute atomic E-state index is 13.0. The summed E-state index contributed by atoms with van der Waals surface area (Å²) in [4.78, 5) is 29.0. The third-order valence-electron chi connectivity index (χ3n) is 4.25. The van der Waals surface area contributed by atoms with Gasteiger partial charge in [0.15, 0.2) is 0 Å². The van der Waals surface area contributed by atoms with Crippen LogP contribution in [0, 0.1) is 0 Å².